The summed E-state index contributed by atoms with van der Waals surface area (Å²) in [5.74, 6) is 2.00. The molecule has 1 amide bonds. The summed E-state index contributed by atoms with van der Waals surface area (Å²) < 4.78 is 16.9. The zero-order chi connectivity index (χ0) is 25.2. The lowest BCUT2D eigenvalue weighted by Crippen LogP contribution is -2.27. The number of benzene rings is 1. The molecule has 0 radical (unpaired) electrons. The maximum Gasteiger partial charge on any atom is 0.259 e. The van der Waals surface area contributed by atoms with Crippen molar-refractivity contribution < 1.29 is 18.5 Å². The average molecular weight is 483 g/mol. The Morgan fingerprint density at radius 1 is 1.11 bits per heavy atom. The SMILES string of the molecule is Cc1cc(-c2cc(C(=O)NC(C)c3ccc(OCc4cccnc4)cc3)c3c(C)noc3n2)c(C)o1. The molecule has 0 aliphatic rings. The van der Waals surface area contributed by atoms with Crippen LogP contribution in [0.3, 0.4) is 0 Å². The van der Waals surface area contributed by atoms with Crippen molar-refractivity contribution in [1.82, 2.24) is 20.4 Å². The fraction of sp³-hybridized carbons (Fsp3) is 0.214. The van der Waals surface area contributed by atoms with Gasteiger partial charge in [-0.15, -0.1) is 0 Å². The second-order valence-electron chi connectivity index (χ2n) is 8.74. The smallest absolute Gasteiger partial charge is 0.259 e. The van der Waals surface area contributed by atoms with E-state index in [9.17, 15) is 4.79 Å². The summed E-state index contributed by atoms with van der Waals surface area (Å²) in [6, 6.07) is 14.9. The third-order valence-electron chi connectivity index (χ3n) is 6.03. The quantitative estimate of drug-likeness (QED) is 0.309. The number of rotatable bonds is 7. The second kappa shape index (κ2) is 9.65. The number of hydrogen-bond donors (Lipinski definition) is 1. The summed E-state index contributed by atoms with van der Waals surface area (Å²) >= 11 is 0. The Kier molecular flexibility index (Phi) is 6.25. The van der Waals surface area contributed by atoms with Crippen LogP contribution in [-0.4, -0.2) is 21.0 Å². The number of aromatic nitrogens is 3. The van der Waals surface area contributed by atoms with Gasteiger partial charge < -0.3 is 19.0 Å². The minimum atomic E-state index is -0.241. The van der Waals surface area contributed by atoms with Crippen LogP contribution in [0.2, 0.25) is 0 Å². The van der Waals surface area contributed by atoms with Crippen molar-refractivity contribution in [2.45, 2.75) is 40.3 Å². The summed E-state index contributed by atoms with van der Waals surface area (Å²) in [5.41, 5.74) is 4.73. The van der Waals surface area contributed by atoms with Crippen LogP contribution in [0.25, 0.3) is 22.4 Å². The van der Waals surface area contributed by atoms with Crippen LogP contribution in [0.4, 0.5) is 0 Å². The molecule has 5 rings (SSSR count). The first-order chi connectivity index (χ1) is 17.4. The molecule has 0 bridgehead atoms. The first-order valence-corrected chi connectivity index (χ1v) is 11.7. The number of fused-ring (bicyclic) bond motifs is 1. The third kappa shape index (κ3) is 4.70. The Balaban J connectivity index is 1.35. The van der Waals surface area contributed by atoms with E-state index in [-0.39, 0.29) is 11.9 Å². The van der Waals surface area contributed by atoms with Crippen LogP contribution in [0.15, 0.2) is 69.9 Å². The van der Waals surface area contributed by atoms with E-state index in [0.29, 0.717) is 34.7 Å². The number of furan rings is 1. The van der Waals surface area contributed by atoms with Gasteiger partial charge in [-0.3, -0.25) is 9.78 Å². The predicted octanol–water partition coefficient (Wildman–Crippen LogP) is 5.87. The Morgan fingerprint density at radius 3 is 2.61 bits per heavy atom. The molecule has 1 N–H and O–H groups in total. The van der Waals surface area contributed by atoms with Crippen LogP contribution in [0, 0.1) is 20.8 Å². The molecule has 0 saturated carbocycles. The number of amides is 1. The third-order valence-corrected chi connectivity index (χ3v) is 6.03. The summed E-state index contributed by atoms with van der Waals surface area (Å²) in [4.78, 5) is 22.1. The number of nitrogens with zero attached hydrogens (tertiary/aromatic N) is 3. The highest BCUT2D eigenvalue weighted by Crippen LogP contribution is 2.31. The molecule has 0 aliphatic carbocycles. The largest absolute Gasteiger partial charge is 0.489 e. The topological polar surface area (TPSA) is 103 Å². The summed E-state index contributed by atoms with van der Waals surface area (Å²) in [6.45, 7) is 7.91. The van der Waals surface area contributed by atoms with Crippen LogP contribution in [0.5, 0.6) is 5.75 Å². The molecule has 5 aromatic rings. The van der Waals surface area contributed by atoms with Crippen LogP contribution < -0.4 is 10.1 Å². The molecular formula is C28H26N4O4. The van der Waals surface area contributed by atoms with Gasteiger partial charge in [-0.1, -0.05) is 23.4 Å². The molecular weight excluding hydrogens is 456 g/mol. The number of aryl methyl sites for hydroxylation is 3. The van der Waals surface area contributed by atoms with E-state index in [2.05, 4.69) is 20.4 Å². The van der Waals surface area contributed by atoms with Crippen LogP contribution >= 0.6 is 0 Å². The maximum absolute atomic E-state index is 13.4. The fourth-order valence-corrected chi connectivity index (χ4v) is 4.16. The van der Waals surface area contributed by atoms with E-state index in [1.165, 1.54) is 0 Å². The number of ether oxygens (including phenoxy) is 1. The van der Waals surface area contributed by atoms with Crippen molar-refractivity contribution in [3.63, 3.8) is 0 Å². The van der Waals surface area contributed by atoms with E-state index in [0.717, 1.165) is 34.0 Å². The van der Waals surface area contributed by atoms with Gasteiger partial charge in [0.2, 0.25) is 0 Å². The molecule has 8 heteroatoms. The van der Waals surface area contributed by atoms with Crippen molar-refractivity contribution in [1.29, 1.82) is 0 Å². The van der Waals surface area contributed by atoms with Gasteiger partial charge >= 0.3 is 0 Å². The van der Waals surface area contributed by atoms with Crippen LogP contribution in [0.1, 0.15) is 51.7 Å². The molecule has 0 spiro atoms. The van der Waals surface area contributed by atoms with Gasteiger partial charge in [0, 0.05) is 23.5 Å². The van der Waals surface area contributed by atoms with E-state index in [1.54, 1.807) is 25.4 Å². The Labute approximate surface area is 208 Å². The van der Waals surface area contributed by atoms with E-state index in [1.807, 2.05) is 63.2 Å². The maximum atomic E-state index is 13.4. The van der Waals surface area contributed by atoms with Gasteiger partial charge in [0.25, 0.3) is 11.6 Å². The number of hydrogen-bond acceptors (Lipinski definition) is 7. The highest BCUT2D eigenvalue weighted by Gasteiger charge is 2.22. The number of carbonyl (C=O) groups excluding carboxylic acids is 1. The monoisotopic (exact) mass is 482 g/mol. The Hall–Kier alpha value is -4.46. The van der Waals surface area contributed by atoms with Crippen molar-refractivity contribution in [2.75, 3.05) is 0 Å². The first-order valence-electron chi connectivity index (χ1n) is 11.7. The van der Waals surface area contributed by atoms with E-state index in [4.69, 9.17) is 13.7 Å². The molecule has 0 fully saturated rings. The van der Waals surface area contributed by atoms with Gasteiger partial charge in [-0.05, 0) is 63.6 Å². The Morgan fingerprint density at radius 2 is 1.92 bits per heavy atom. The van der Waals surface area contributed by atoms with E-state index < -0.39 is 0 Å². The van der Waals surface area contributed by atoms with Gasteiger partial charge in [0.05, 0.1) is 28.4 Å². The van der Waals surface area contributed by atoms with Gasteiger partial charge in [-0.2, -0.15) is 0 Å². The molecule has 182 valence electrons. The Bertz CT molecular complexity index is 1520. The highest BCUT2D eigenvalue weighted by molar-refractivity contribution is 6.07. The molecule has 0 saturated heterocycles. The highest BCUT2D eigenvalue weighted by atomic mass is 16.5. The minimum absolute atomic E-state index is 0.239. The molecule has 1 aromatic carbocycles. The van der Waals surface area contributed by atoms with Gasteiger partial charge in [-0.25, -0.2) is 4.98 Å². The van der Waals surface area contributed by atoms with Crippen molar-refractivity contribution >= 4 is 17.0 Å². The molecule has 8 nitrogen and oxygen atoms in total. The predicted molar refractivity (Wildman–Crippen MR) is 135 cm³/mol. The summed E-state index contributed by atoms with van der Waals surface area (Å²) in [6.07, 6.45) is 3.51. The number of pyridine rings is 2. The fourth-order valence-electron chi connectivity index (χ4n) is 4.16. The van der Waals surface area contributed by atoms with Crippen LogP contribution in [-0.2, 0) is 6.61 Å². The molecule has 4 heterocycles. The molecule has 1 atom stereocenters. The number of carbonyl (C=O) groups is 1. The summed E-state index contributed by atoms with van der Waals surface area (Å²) in [7, 11) is 0. The average Bonchev–Trinajstić information content (AvgIpc) is 3.43. The van der Waals surface area contributed by atoms with Gasteiger partial charge in [0.1, 0.15) is 23.9 Å². The summed E-state index contributed by atoms with van der Waals surface area (Å²) in [5, 5.41) is 7.72. The lowest BCUT2D eigenvalue weighted by molar-refractivity contribution is 0.0941. The van der Waals surface area contributed by atoms with Crippen molar-refractivity contribution in [2.24, 2.45) is 0 Å². The second-order valence-corrected chi connectivity index (χ2v) is 8.74. The lowest BCUT2D eigenvalue weighted by atomic mass is 10.0. The lowest BCUT2D eigenvalue weighted by Gasteiger charge is -2.16. The first kappa shape index (κ1) is 23.3. The standard InChI is InChI=1S/C28H26N4O4/c1-16-12-23(19(4)35-16)25-13-24(26-18(3)32-36-28(26)31-25)27(33)30-17(2)21-7-9-22(10-8-21)34-15-20-6-5-11-29-14-20/h5-14,17H,15H2,1-4H3,(H,30,33). The minimum Gasteiger partial charge on any atom is -0.489 e. The normalized spacial score (nSPS) is 12.0. The van der Waals surface area contributed by atoms with E-state index >= 15 is 0 Å². The zero-order valence-electron chi connectivity index (χ0n) is 20.5. The number of nitrogens with one attached hydrogen (secondary N) is 1. The van der Waals surface area contributed by atoms with Crippen molar-refractivity contribution in [3.05, 3.63) is 94.8 Å². The molecule has 4 aromatic heterocycles. The van der Waals surface area contributed by atoms with Gasteiger partial charge in [0.15, 0.2) is 0 Å². The van der Waals surface area contributed by atoms with Crippen molar-refractivity contribution in [3.8, 4) is 17.0 Å². The molecule has 36 heavy (non-hydrogen) atoms. The molecule has 0 aliphatic heterocycles. The molecule has 1 unspecified atom stereocenters. The zero-order valence-corrected chi connectivity index (χ0v) is 20.5.